The van der Waals surface area contributed by atoms with Gasteiger partial charge in [-0.1, -0.05) is 18.2 Å². The molecule has 0 radical (unpaired) electrons. The summed E-state index contributed by atoms with van der Waals surface area (Å²) in [6.45, 7) is 0. The van der Waals surface area contributed by atoms with Crippen molar-refractivity contribution in [2.75, 3.05) is 0 Å². The second-order valence-corrected chi connectivity index (χ2v) is 3.32. The normalized spacial score (nSPS) is 20.4. The maximum absolute atomic E-state index is 11.2. The van der Waals surface area contributed by atoms with Crippen LogP contribution in [-0.2, 0) is 4.79 Å². The molecule has 1 aliphatic rings. The molecule has 0 saturated carbocycles. The van der Waals surface area contributed by atoms with Gasteiger partial charge in [-0.2, -0.15) is 10.2 Å². The molecule has 1 aromatic rings. The summed E-state index contributed by atoms with van der Waals surface area (Å²) in [4.78, 5) is 11.2. The Morgan fingerprint density at radius 1 is 1.27 bits per heavy atom. The Morgan fingerprint density at radius 2 is 2.00 bits per heavy atom. The van der Waals surface area contributed by atoms with Gasteiger partial charge in [-0.15, -0.1) is 0 Å². The maximum atomic E-state index is 11.2. The van der Waals surface area contributed by atoms with E-state index < -0.39 is 6.17 Å². The second-order valence-electron chi connectivity index (χ2n) is 2.92. The van der Waals surface area contributed by atoms with Crippen molar-refractivity contribution in [3.8, 4) is 0 Å². The number of nitrogens with zero attached hydrogens (tertiary/aromatic N) is 2. The lowest BCUT2D eigenvalue weighted by Crippen LogP contribution is -2.25. The fraction of sp³-hybridized carbons (Fsp3) is 0.111. The van der Waals surface area contributed by atoms with E-state index in [-0.39, 0.29) is 11.0 Å². The fourth-order valence-electron chi connectivity index (χ4n) is 1.11. The third kappa shape index (κ3) is 2.35. The van der Waals surface area contributed by atoms with Gasteiger partial charge < -0.3 is 5.32 Å². The molecule has 0 aliphatic carbocycles. The van der Waals surface area contributed by atoms with Crippen LogP contribution in [0.4, 0.5) is 5.69 Å². The fourth-order valence-corrected chi connectivity index (χ4v) is 1.32. The van der Waals surface area contributed by atoms with E-state index in [0.717, 1.165) is 0 Å². The van der Waals surface area contributed by atoms with Crippen LogP contribution in [0.3, 0.4) is 0 Å². The van der Waals surface area contributed by atoms with Crippen molar-refractivity contribution in [2.45, 2.75) is 6.17 Å². The molecular formula is C9H8N4OS. The predicted molar refractivity (Wildman–Crippen MR) is 58.6 cm³/mol. The number of amides is 1. The van der Waals surface area contributed by atoms with Gasteiger partial charge in [0, 0.05) is 0 Å². The van der Waals surface area contributed by atoms with Gasteiger partial charge in [-0.05, 0) is 24.4 Å². The number of thiocarbonyl (C=S) groups is 1. The van der Waals surface area contributed by atoms with E-state index in [0.29, 0.717) is 5.69 Å². The molecule has 0 bridgehead atoms. The Hall–Kier alpha value is -1.82. The average molecular weight is 220 g/mol. The van der Waals surface area contributed by atoms with Crippen molar-refractivity contribution >= 4 is 28.9 Å². The minimum atomic E-state index is -0.710. The van der Waals surface area contributed by atoms with E-state index in [1.807, 2.05) is 18.2 Å². The molecular weight excluding hydrogens is 212 g/mol. The molecule has 6 heteroatoms. The Balaban J connectivity index is 2.06. The number of benzene rings is 1. The standard InChI is InChI=1S/C9H8N4OS/c14-8-7(10-9(15)11-8)13-12-6-4-2-1-3-5-6/h1-5,7H,(H2,10,11,14,15). The highest BCUT2D eigenvalue weighted by Gasteiger charge is 2.26. The average Bonchev–Trinajstić information content (AvgIpc) is 2.56. The molecule has 1 heterocycles. The largest absolute Gasteiger partial charge is 0.331 e. The van der Waals surface area contributed by atoms with Gasteiger partial charge in [0.25, 0.3) is 5.91 Å². The second kappa shape index (κ2) is 4.14. The van der Waals surface area contributed by atoms with Gasteiger partial charge >= 0.3 is 0 Å². The zero-order valence-electron chi connectivity index (χ0n) is 7.68. The lowest BCUT2D eigenvalue weighted by molar-refractivity contribution is -0.120. The lowest BCUT2D eigenvalue weighted by Gasteiger charge is -1.97. The van der Waals surface area contributed by atoms with Crippen LogP contribution in [0.15, 0.2) is 40.6 Å². The molecule has 1 unspecified atom stereocenters. The van der Waals surface area contributed by atoms with Crippen LogP contribution in [0.25, 0.3) is 0 Å². The van der Waals surface area contributed by atoms with Crippen molar-refractivity contribution in [2.24, 2.45) is 10.2 Å². The summed E-state index contributed by atoms with van der Waals surface area (Å²) in [6, 6.07) is 9.18. The SMILES string of the molecule is O=C1NC(=S)NC1N=Nc1ccccc1. The van der Waals surface area contributed by atoms with E-state index in [4.69, 9.17) is 12.2 Å². The Morgan fingerprint density at radius 3 is 2.60 bits per heavy atom. The first-order valence-corrected chi connectivity index (χ1v) is 4.74. The van der Waals surface area contributed by atoms with Crippen molar-refractivity contribution in [1.29, 1.82) is 0 Å². The summed E-state index contributed by atoms with van der Waals surface area (Å²) < 4.78 is 0. The Kier molecular flexibility index (Phi) is 2.68. The third-order valence-corrected chi connectivity index (χ3v) is 2.02. The molecule has 15 heavy (non-hydrogen) atoms. The molecule has 2 N–H and O–H groups in total. The highest BCUT2D eigenvalue weighted by Crippen LogP contribution is 2.11. The van der Waals surface area contributed by atoms with Crippen LogP contribution in [0.5, 0.6) is 0 Å². The number of carbonyl (C=O) groups is 1. The van der Waals surface area contributed by atoms with Gasteiger partial charge in [0.05, 0.1) is 5.69 Å². The molecule has 76 valence electrons. The van der Waals surface area contributed by atoms with Crippen molar-refractivity contribution < 1.29 is 4.79 Å². The van der Waals surface area contributed by atoms with E-state index in [1.54, 1.807) is 12.1 Å². The summed E-state index contributed by atoms with van der Waals surface area (Å²) >= 11 is 4.76. The van der Waals surface area contributed by atoms with Gasteiger partial charge in [-0.25, -0.2) is 0 Å². The molecule has 1 saturated heterocycles. The van der Waals surface area contributed by atoms with Gasteiger partial charge in [0.2, 0.25) is 6.17 Å². The summed E-state index contributed by atoms with van der Waals surface area (Å²) in [6.07, 6.45) is -0.710. The number of rotatable bonds is 2. The van der Waals surface area contributed by atoms with Crippen LogP contribution in [0, 0.1) is 0 Å². The third-order valence-electron chi connectivity index (χ3n) is 1.80. The van der Waals surface area contributed by atoms with E-state index >= 15 is 0 Å². The molecule has 1 atom stereocenters. The summed E-state index contributed by atoms with van der Waals surface area (Å²) in [7, 11) is 0. The summed E-state index contributed by atoms with van der Waals surface area (Å²) in [5.41, 5.74) is 0.699. The number of nitrogens with one attached hydrogen (secondary N) is 2. The highest BCUT2D eigenvalue weighted by molar-refractivity contribution is 7.80. The highest BCUT2D eigenvalue weighted by atomic mass is 32.1. The van der Waals surface area contributed by atoms with E-state index in [2.05, 4.69) is 20.9 Å². The van der Waals surface area contributed by atoms with Crippen LogP contribution in [0.1, 0.15) is 0 Å². The number of carbonyl (C=O) groups excluding carboxylic acids is 1. The molecule has 1 aromatic carbocycles. The molecule has 1 amide bonds. The number of hydrogen-bond donors (Lipinski definition) is 2. The Labute approximate surface area is 91.6 Å². The quantitative estimate of drug-likeness (QED) is 0.579. The van der Waals surface area contributed by atoms with Gasteiger partial charge in [-0.3, -0.25) is 10.1 Å². The first-order valence-electron chi connectivity index (χ1n) is 4.33. The van der Waals surface area contributed by atoms with Crippen LogP contribution in [0.2, 0.25) is 0 Å². The topological polar surface area (TPSA) is 65.8 Å². The molecule has 0 spiro atoms. The first-order chi connectivity index (χ1) is 7.25. The van der Waals surface area contributed by atoms with Crippen LogP contribution in [-0.4, -0.2) is 17.2 Å². The first kappa shape index (κ1) is 9.72. The summed E-state index contributed by atoms with van der Waals surface area (Å²) in [5, 5.41) is 13.2. The molecule has 5 nitrogen and oxygen atoms in total. The van der Waals surface area contributed by atoms with E-state index in [1.165, 1.54) is 0 Å². The zero-order valence-corrected chi connectivity index (χ0v) is 8.49. The zero-order chi connectivity index (χ0) is 10.7. The lowest BCUT2D eigenvalue weighted by atomic mass is 10.3. The monoisotopic (exact) mass is 220 g/mol. The maximum Gasteiger partial charge on any atom is 0.273 e. The summed E-state index contributed by atoms with van der Waals surface area (Å²) in [5.74, 6) is -0.278. The van der Waals surface area contributed by atoms with Crippen LogP contribution < -0.4 is 10.6 Å². The number of azo groups is 1. The minimum Gasteiger partial charge on any atom is -0.331 e. The minimum absolute atomic E-state index is 0.278. The Bertz CT molecular complexity index is 417. The molecule has 1 aliphatic heterocycles. The van der Waals surface area contributed by atoms with E-state index in [9.17, 15) is 4.79 Å². The van der Waals surface area contributed by atoms with Gasteiger partial charge in [0.1, 0.15) is 0 Å². The number of hydrogen-bond acceptors (Lipinski definition) is 4. The molecule has 1 fully saturated rings. The molecule has 2 rings (SSSR count). The van der Waals surface area contributed by atoms with Crippen LogP contribution >= 0.6 is 12.2 Å². The van der Waals surface area contributed by atoms with Crippen molar-refractivity contribution in [1.82, 2.24) is 10.6 Å². The smallest absolute Gasteiger partial charge is 0.273 e. The van der Waals surface area contributed by atoms with Gasteiger partial charge in [0.15, 0.2) is 5.11 Å². The predicted octanol–water partition coefficient (Wildman–Crippen LogP) is 1.10. The molecule has 0 aromatic heterocycles. The van der Waals surface area contributed by atoms with Crippen molar-refractivity contribution in [3.05, 3.63) is 30.3 Å². The van der Waals surface area contributed by atoms with Crippen molar-refractivity contribution in [3.63, 3.8) is 0 Å².